The lowest BCUT2D eigenvalue weighted by molar-refractivity contribution is -0.461. The van der Waals surface area contributed by atoms with Gasteiger partial charge in [0.05, 0.1) is 19.6 Å². The number of rotatable bonds is 12. The fraction of sp³-hybridized carbons (Fsp3) is 0.909. The highest BCUT2D eigenvalue weighted by molar-refractivity contribution is 5.67. The summed E-state index contributed by atoms with van der Waals surface area (Å²) in [4.78, 5) is 25.9. The van der Waals surface area contributed by atoms with Crippen LogP contribution in [0.2, 0.25) is 0 Å². The second-order valence-corrected chi connectivity index (χ2v) is 11.3. The maximum atomic E-state index is 14.0. The van der Waals surface area contributed by atoms with Gasteiger partial charge in [0.15, 0.2) is 0 Å². The molecule has 258 valence electrons. The largest absolute Gasteiger partial charge is 0.460 e. The van der Waals surface area contributed by atoms with Gasteiger partial charge in [-0.05, 0) is 30.1 Å². The molecule has 1 fully saturated rings. The molecular formula is C22H23F17N2O3. The molecule has 0 spiro atoms. The number of hydrogen-bond acceptors (Lipinski definition) is 4. The van der Waals surface area contributed by atoms with E-state index in [2.05, 4.69) is 15.0 Å². The van der Waals surface area contributed by atoms with Crippen LogP contribution in [-0.2, 0) is 9.53 Å². The number of ether oxygens (including phenoxy) is 1. The Labute approximate surface area is 236 Å². The molecule has 0 radical (unpaired) electrons. The summed E-state index contributed by atoms with van der Waals surface area (Å²) in [6.45, 7) is 2.93. The molecular weight excluding hydrogens is 663 g/mol. The molecule has 0 aromatic carbocycles. The van der Waals surface area contributed by atoms with Crippen LogP contribution in [0.1, 0.15) is 46.5 Å². The average molecular weight is 686 g/mol. The predicted octanol–water partition coefficient (Wildman–Crippen LogP) is 8.03. The number of carbonyl (C=O) groups is 1. The van der Waals surface area contributed by atoms with Crippen LogP contribution in [0.25, 0.3) is 0 Å². The van der Waals surface area contributed by atoms with Crippen LogP contribution in [-0.4, -0.2) is 79.0 Å². The van der Waals surface area contributed by atoms with Crippen molar-refractivity contribution in [2.24, 2.45) is 15.8 Å². The van der Waals surface area contributed by atoms with Crippen LogP contribution in [0.4, 0.5) is 79.4 Å². The molecule has 0 aliphatic heterocycles. The van der Waals surface area contributed by atoms with E-state index in [1.165, 1.54) is 6.08 Å². The van der Waals surface area contributed by atoms with E-state index in [1.807, 2.05) is 0 Å². The van der Waals surface area contributed by atoms with E-state index in [9.17, 15) is 84.2 Å². The van der Waals surface area contributed by atoms with Crippen LogP contribution in [0.5, 0.6) is 0 Å². The van der Waals surface area contributed by atoms with Crippen molar-refractivity contribution in [3.8, 4) is 0 Å². The highest BCUT2D eigenvalue weighted by atomic mass is 19.4. The number of nitrogens with zero attached hydrogens (tertiary/aromatic N) is 1. The highest BCUT2D eigenvalue weighted by Gasteiger charge is 2.95. The van der Waals surface area contributed by atoms with Gasteiger partial charge in [-0.3, -0.25) is 0 Å². The van der Waals surface area contributed by atoms with Crippen LogP contribution in [0, 0.1) is 10.8 Å². The van der Waals surface area contributed by atoms with Crippen molar-refractivity contribution in [3.63, 3.8) is 0 Å². The van der Waals surface area contributed by atoms with Crippen LogP contribution < -0.4 is 5.32 Å². The Morgan fingerprint density at radius 3 is 1.61 bits per heavy atom. The standard InChI is InChI=1S/C22H23F17N2O3/c1-13(2)6-11(7-14(3,8-13)9-40-10-42)41-12(43)44-5-4-15(23,24)16(25,26)17(27,28)18(29,30)19(31,32)20(33,34)21(35,36)22(37,38)39/h11H,4-9H2,1-3H3,(H,41,43). The van der Waals surface area contributed by atoms with Crippen LogP contribution in [0.3, 0.4) is 0 Å². The lowest BCUT2D eigenvalue weighted by Crippen LogP contribution is -2.74. The molecule has 1 N–H and O–H groups in total. The summed E-state index contributed by atoms with van der Waals surface area (Å²) in [6, 6.07) is -0.859. The lowest BCUT2D eigenvalue weighted by atomic mass is 9.62. The van der Waals surface area contributed by atoms with Gasteiger partial charge in [0.2, 0.25) is 6.08 Å². The van der Waals surface area contributed by atoms with E-state index in [4.69, 9.17) is 0 Å². The summed E-state index contributed by atoms with van der Waals surface area (Å²) in [6.07, 6.45) is -10.4. The fourth-order valence-corrected chi connectivity index (χ4v) is 4.91. The molecule has 0 heterocycles. The Bertz CT molecular complexity index is 1100. The second-order valence-electron chi connectivity index (χ2n) is 11.3. The smallest absolute Gasteiger partial charge is 0.449 e. The SMILES string of the molecule is CC1(C)CC(NC(=O)OCCC(F)(F)C(F)(F)C(F)(F)C(F)(F)C(F)(F)C(F)(F)C(F)(F)C(F)(F)F)CC(C)(CN=C=O)C1. The fourth-order valence-electron chi connectivity index (χ4n) is 4.91. The summed E-state index contributed by atoms with van der Waals surface area (Å²) < 4.78 is 231. The first kappa shape index (κ1) is 39.5. The van der Waals surface area contributed by atoms with Gasteiger partial charge in [-0.1, -0.05) is 20.8 Å². The minimum atomic E-state index is -8.71. The van der Waals surface area contributed by atoms with Gasteiger partial charge in [-0.15, -0.1) is 0 Å². The maximum Gasteiger partial charge on any atom is 0.460 e. The molecule has 5 nitrogen and oxygen atoms in total. The normalized spacial score (nSPS) is 22.7. The number of aliphatic imine (C=N–C) groups is 1. The maximum absolute atomic E-state index is 14.0. The first-order chi connectivity index (χ1) is 19.2. The summed E-state index contributed by atoms with van der Waals surface area (Å²) in [5.41, 5.74) is -1.30. The van der Waals surface area contributed by atoms with Crippen molar-refractivity contribution in [1.82, 2.24) is 5.32 Å². The molecule has 1 aliphatic rings. The Kier molecular flexibility index (Phi) is 10.5. The van der Waals surface area contributed by atoms with Crippen molar-refractivity contribution in [1.29, 1.82) is 0 Å². The summed E-state index contributed by atoms with van der Waals surface area (Å²) in [5, 5.41) is 2.10. The Balaban J connectivity index is 3.13. The molecule has 0 saturated heterocycles. The Morgan fingerprint density at radius 2 is 1.18 bits per heavy atom. The number of alkyl carbamates (subject to hydrolysis) is 1. The third-order valence-corrected chi connectivity index (χ3v) is 6.73. The number of nitrogens with one attached hydrogen (secondary N) is 1. The first-order valence-electron chi connectivity index (χ1n) is 11.9. The monoisotopic (exact) mass is 686 g/mol. The molecule has 1 rings (SSSR count). The average Bonchev–Trinajstić information content (AvgIpc) is 2.79. The van der Waals surface area contributed by atoms with Crippen molar-refractivity contribution in [2.75, 3.05) is 13.2 Å². The highest BCUT2D eigenvalue weighted by Crippen LogP contribution is 2.64. The topological polar surface area (TPSA) is 67.8 Å². The number of halogens is 17. The van der Waals surface area contributed by atoms with Crippen molar-refractivity contribution in [2.45, 2.75) is 100 Å². The zero-order valence-corrected chi connectivity index (χ0v) is 22.4. The molecule has 1 amide bonds. The van der Waals surface area contributed by atoms with Gasteiger partial charge in [0.25, 0.3) is 0 Å². The van der Waals surface area contributed by atoms with Crippen molar-refractivity contribution in [3.05, 3.63) is 0 Å². The van der Waals surface area contributed by atoms with Gasteiger partial charge < -0.3 is 10.1 Å². The molecule has 22 heteroatoms. The summed E-state index contributed by atoms with van der Waals surface area (Å²) in [7, 11) is 0. The number of alkyl halides is 17. The van der Waals surface area contributed by atoms with Gasteiger partial charge in [-0.25, -0.2) is 14.6 Å². The van der Waals surface area contributed by atoms with Crippen LogP contribution >= 0.6 is 0 Å². The molecule has 2 atom stereocenters. The molecule has 44 heavy (non-hydrogen) atoms. The molecule has 1 saturated carbocycles. The van der Waals surface area contributed by atoms with Crippen molar-refractivity contribution < 1.29 is 89.0 Å². The number of carbonyl (C=O) groups excluding carboxylic acids is 2. The predicted molar refractivity (Wildman–Crippen MR) is 112 cm³/mol. The lowest BCUT2D eigenvalue weighted by Gasteiger charge is -2.45. The Morgan fingerprint density at radius 1 is 0.750 bits per heavy atom. The summed E-state index contributed by atoms with van der Waals surface area (Å²) in [5.74, 6) is -57.1. The molecule has 1 aliphatic carbocycles. The quantitative estimate of drug-likeness (QED) is 0.129. The van der Waals surface area contributed by atoms with Gasteiger partial charge >= 0.3 is 53.7 Å². The van der Waals surface area contributed by atoms with E-state index < -0.39 is 83.6 Å². The number of amides is 1. The van der Waals surface area contributed by atoms with E-state index in [-0.39, 0.29) is 19.4 Å². The third-order valence-electron chi connectivity index (χ3n) is 6.73. The number of hydrogen-bond donors (Lipinski definition) is 1. The number of isocyanates is 1. The first-order valence-corrected chi connectivity index (χ1v) is 11.9. The van der Waals surface area contributed by atoms with E-state index >= 15 is 0 Å². The van der Waals surface area contributed by atoms with E-state index in [0.29, 0.717) is 6.42 Å². The molecule has 0 bridgehead atoms. The van der Waals surface area contributed by atoms with E-state index in [0.717, 1.165) is 0 Å². The van der Waals surface area contributed by atoms with Crippen LogP contribution in [0.15, 0.2) is 4.99 Å². The minimum Gasteiger partial charge on any atom is -0.449 e. The molecule has 2 unspecified atom stereocenters. The van der Waals surface area contributed by atoms with Gasteiger partial charge in [0, 0.05) is 6.04 Å². The van der Waals surface area contributed by atoms with Gasteiger partial charge in [0.1, 0.15) is 0 Å². The zero-order valence-electron chi connectivity index (χ0n) is 22.4. The summed E-state index contributed by atoms with van der Waals surface area (Å²) >= 11 is 0. The molecule has 0 aromatic heterocycles. The minimum absolute atomic E-state index is 0.0679. The Hall–Kier alpha value is -2.54. The zero-order chi connectivity index (χ0) is 35.2. The van der Waals surface area contributed by atoms with Crippen molar-refractivity contribution >= 4 is 12.2 Å². The third kappa shape index (κ3) is 6.83. The molecule has 0 aromatic rings. The van der Waals surface area contributed by atoms with Gasteiger partial charge in [-0.2, -0.15) is 74.6 Å². The second kappa shape index (κ2) is 11.7. The van der Waals surface area contributed by atoms with E-state index in [1.54, 1.807) is 20.8 Å².